The Morgan fingerprint density at radius 1 is 1.17 bits per heavy atom. The molecule has 3 atom stereocenters. The van der Waals surface area contributed by atoms with E-state index in [-0.39, 0.29) is 17.9 Å². The van der Waals surface area contributed by atoms with Gasteiger partial charge in [0.25, 0.3) is 5.91 Å². The molecule has 2 heterocycles. The summed E-state index contributed by atoms with van der Waals surface area (Å²) in [6, 6.07) is 12.5. The number of nitrogens with zero attached hydrogens (tertiary/aromatic N) is 2. The molecule has 1 aliphatic carbocycles. The third kappa shape index (κ3) is 3.82. The van der Waals surface area contributed by atoms with E-state index in [1.54, 1.807) is 0 Å². The van der Waals surface area contributed by atoms with Crippen LogP contribution in [-0.2, 0) is 0 Å². The number of benzene rings is 1. The minimum absolute atomic E-state index is 0.0607. The molecule has 1 saturated carbocycles. The van der Waals surface area contributed by atoms with E-state index < -0.39 is 5.60 Å². The Bertz CT molecular complexity index is 816. The molecule has 1 amide bonds. The first-order chi connectivity index (χ1) is 14.1. The highest BCUT2D eigenvalue weighted by molar-refractivity contribution is 7.12. The highest BCUT2D eigenvalue weighted by atomic mass is 32.1. The topological polar surface area (TPSA) is 43.8 Å². The van der Waals surface area contributed by atoms with Crippen molar-refractivity contribution in [3.8, 4) is 0 Å². The van der Waals surface area contributed by atoms with Crippen molar-refractivity contribution in [3.05, 3.63) is 52.2 Å². The summed E-state index contributed by atoms with van der Waals surface area (Å²) >= 11 is 1.50. The molecule has 2 fully saturated rings. The van der Waals surface area contributed by atoms with Crippen molar-refractivity contribution in [2.45, 2.75) is 57.6 Å². The van der Waals surface area contributed by atoms with Crippen LogP contribution in [0, 0.1) is 5.92 Å². The second-order valence-electron chi connectivity index (χ2n) is 8.39. The van der Waals surface area contributed by atoms with Gasteiger partial charge in [-0.1, -0.05) is 31.0 Å². The number of hydrogen-bond donors (Lipinski definition) is 1. The van der Waals surface area contributed by atoms with Crippen LogP contribution in [0.1, 0.15) is 67.2 Å². The van der Waals surface area contributed by atoms with Crippen molar-refractivity contribution in [1.82, 2.24) is 4.90 Å². The predicted octanol–water partition coefficient (Wildman–Crippen LogP) is 5.10. The molecule has 2 aromatic rings. The number of anilines is 1. The SMILES string of the molecule is CCN(CC)c1ccc([C@H]2[C@H]3CCCC[C@@]3(O)CCN2C(=O)c2cccs2)cc1. The maximum Gasteiger partial charge on any atom is 0.264 e. The van der Waals surface area contributed by atoms with E-state index in [2.05, 4.69) is 43.0 Å². The lowest BCUT2D eigenvalue weighted by atomic mass is 9.66. The third-order valence-corrected chi connectivity index (χ3v) is 7.78. The second kappa shape index (κ2) is 8.49. The van der Waals surface area contributed by atoms with Crippen LogP contribution in [0.3, 0.4) is 0 Å². The number of amides is 1. The normalized spacial score (nSPS) is 26.8. The van der Waals surface area contributed by atoms with Gasteiger partial charge in [0.15, 0.2) is 0 Å². The van der Waals surface area contributed by atoms with E-state index in [9.17, 15) is 9.90 Å². The molecule has 0 unspecified atom stereocenters. The summed E-state index contributed by atoms with van der Waals surface area (Å²) in [5.74, 6) is 0.207. The van der Waals surface area contributed by atoms with E-state index in [0.29, 0.717) is 13.0 Å². The van der Waals surface area contributed by atoms with Crippen LogP contribution in [0.2, 0.25) is 0 Å². The van der Waals surface area contributed by atoms with Crippen molar-refractivity contribution >= 4 is 22.9 Å². The molecule has 0 bridgehead atoms. The van der Waals surface area contributed by atoms with E-state index >= 15 is 0 Å². The first kappa shape index (κ1) is 20.4. The smallest absolute Gasteiger partial charge is 0.264 e. The molecule has 2 aliphatic rings. The average Bonchev–Trinajstić information content (AvgIpc) is 3.28. The molecule has 4 rings (SSSR count). The monoisotopic (exact) mass is 412 g/mol. The third-order valence-electron chi connectivity index (χ3n) is 6.92. The van der Waals surface area contributed by atoms with Crippen LogP contribution in [0.5, 0.6) is 0 Å². The minimum Gasteiger partial charge on any atom is -0.389 e. The van der Waals surface area contributed by atoms with Gasteiger partial charge in [0.05, 0.1) is 16.5 Å². The number of hydrogen-bond acceptors (Lipinski definition) is 4. The number of rotatable bonds is 5. The van der Waals surface area contributed by atoms with Crippen molar-refractivity contribution < 1.29 is 9.90 Å². The lowest BCUT2D eigenvalue weighted by molar-refractivity contribution is -0.114. The van der Waals surface area contributed by atoms with Gasteiger partial charge in [-0.05, 0) is 62.3 Å². The maximum atomic E-state index is 13.3. The van der Waals surface area contributed by atoms with E-state index in [0.717, 1.165) is 49.2 Å². The van der Waals surface area contributed by atoms with Gasteiger partial charge >= 0.3 is 0 Å². The molecular weight excluding hydrogens is 380 g/mol. The van der Waals surface area contributed by atoms with Crippen LogP contribution in [-0.4, -0.2) is 41.1 Å². The Morgan fingerprint density at radius 2 is 1.93 bits per heavy atom. The molecule has 1 N–H and O–H groups in total. The van der Waals surface area contributed by atoms with Crippen LogP contribution in [0.25, 0.3) is 0 Å². The fourth-order valence-corrected chi connectivity index (χ4v) is 6.01. The number of piperidine rings is 1. The van der Waals surface area contributed by atoms with Gasteiger partial charge in [0.2, 0.25) is 0 Å². The van der Waals surface area contributed by atoms with Gasteiger partial charge in [-0.3, -0.25) is 4.79 Å². The first-order valence-electron chi connectivity index (χ1n) is 11.0. The molecular formula is C24H32N2O2S. The summed E-state index contributed by atoms with van der Waals surface area (Å²) in [5.41, 5.74) is 1.72. The fraction of sp³-hybridized carbons (Fsp3) is 0.542. The molecule has 1 saturated heterocycles. The van der Waals surface area contributed by atoms with Crippen LogP contribution >= 0.6 is 11.3 Å². The minimum atomic E-state index is -0.646. The van der Waals surface area contributed by atoms with Crippen molar-refractivity contribution in [2.75, 3.05) is 24.5 Å². The average molecular weight is 413 g/mol. The maximum absolute atomic E-state index is 13.3. The largest absolute Gasteiger partial charge is 0.389 e. The van der Waals surface area contributed by atoms with Gasteiger partial charge in [-0.15, -0.1) is 11.3 Å². The number of carbonyl (C=O) groups excluding carboxylic acids is 1. The van der Waals surface area contributed by atoms with Crippen LogP contribution in [0.4, 0.5) is 5.69 Å². The summed E-state index contributed by atoms with van der Waals surface area (Å²) in [6.07, 6.45) is 4.73. The van der Waals surface area contributed by atoms with Crippen molar-refractivity contribution in [1.29, 1.82) is 0 Å². The molecule has 1 aliphatic heterocycles. The zero-order valence-electron chi connectivity index (χ0n) is 17.5. The van der Waals surface area contributed by atoms with Crippen molar-refractivity contribution in [2.24, 2.45) is 5.92 Å². The Balaban J connectivity index is 1.70. The van der Waals surface area contributed by atoms with Crippen molar-refractivity contribution in [3.63, 3.8) is 0 Å². The number of aliphatic hydroxyl groups is 1. The molecule has 29 heavy (non-hydrogen) atoms. The van der Waals surface area contributed by atoms with Gasteiger partial charge in [-0.2, -0.15) is 0 Å². The zero-order chi connectivity index (χ0) is 20.4. The molecule has 0 spiro atoms. The lowest BCUT2D eigenvalue weighted by Crippen LogP contribution is -2.56. The fourth-order valence-electron chi connectivity index (χ4n) is 5.33. The summed E-state index contributed by atoms with van der Waals surface area (Å²) < 4.78 is 0. The van der Waals surface area contributed by atoms with Gasteiger partial charge in [0.1, 0.15) is 0 Å². The van der Waals surface area contributed by atoms with E-state index in [1.165, 1.54) is 17.0 Å². The Kier molecular flexibility index (Phi) is 5.98. The number of carbonyl (C=O) groups is 1. The standard InChI is InChI=1S/C24H32N2O2S/c1-3-25(4-2)19-12-10-18(11-13-19)22-20-8-5-6-14-24(20,28)15-16-26(22)23(27)21-9-7-17-29-21/h7,9-13,17,20,22,28H,3-6,8,14-16H2,1-2H3/t20-,22+,24-/m1/s1. The summed E-state index contributed by atoms with van der Waals surface area (Å²) in [4.78, 5) is 18.5. The number of fused-ring (bicyclic) bond motifs is 1. The quantitative estimate of drug-likeness (QED) is 0.743. The van der Waals surface area contributed by atoms with Crippen LogP contribution < -0.4 is 4.90 Å². The molecule has 4 nitrogen and oxygen atoms in total. The summed E-state index contributed by atoms with van der Waals surface area (Å²) in [7, 11) is 0. The van der Waals surface area contributed by atoms with E-state index in [4.69, 9.17) is 0 Å². The Morgan fingerprint density at radius 3 is 2.59 bits per heavy atom. The highest BCUT2D eigenvalue weighted by Crippen LogP contribution is 2.49. The number of likely N-dealkylation sites (tertiary alicyclic amines) is 1. The Hall–Kier alpha value is -1.85. The van der Waals surface area contributed by atoms with Gasteiger partial charge in [0, 0.05) is 31.2 Å². The molecule has 0 radical (unpaired) electrons. The highest BCUT2D eigenvalue weighted by Gasteiger charge is 2.50. The van der Waals surface area contributed by atoms with E-state index in [1.807, 2.05) is 22.4 Å². The molecule has 5 heteroatoms. The van der Waals surface area contributed by atoms with Gasteiger partial charge in [-0.25, -0.2) is 0 Å². The molecule has 156 valence electrons. The molecule has 1 aromatic heterocycles. The lowest BCUT2D eigenvalue weighted by Gasteiger charge is -2.52. The summed E-state index contributed by atoms with van der Waals surface area (Å²) in [6.45, 7) is 6.91. The van der Waals surface area contributed by atoms with Crippen LogP contribution in [0.15, 0.2) is 41.8 Å². The summed E-state index contributed by atoms with van der Waals surface area (Å²) in [5, 5.41) is 13.4. The zero-order valence-corrected chi connectivity index (χ0v) is 18.3. The molecule has 1 aromatic carbocycles. The second-order valence-corrected chi connectivity index (χ2v) is 9.34. The Labute approximate surface area is 178 Å². The first-order valence-corrected chi connectivity index (χ1v) is 11.9. The predicted molar refractivity (Wildman–Crippen MR) is 120 cm³/mol. The number of thiophene rings is 1. The van der Waals surface area contributed by atoms with Gasteiger partial charge < -0.3 is 14.9 Å².